The van der Waals surface area contributed by atoms with Crippen LogP contribution in [0.5, 0.6) is 11.5 Å². The molecule has 4 nitrogen and oxygen atoms in total. The van der Waals surface area contributed by atoms with Crippen LogP contribution in [0.2, 0.25) is 0 Å². The second-order valence-electron chi connectivity index (χ2n) is 10.2. The number of carbonyl (C=O) groups excluding carboxylic acids is 1. The van der Waals surface area contributed by atoms with E-state index in [0.717, 1.165) is 29.4 Å². The lowest BCUT2D eigenvalue weighted by molar-refractivity contribution is 0.139. The summed E-state index contributed by atoms with van der Waals surface area (Å²) < 4.78 is 23.5. The van der Waals surface area contributed by atoms with E-state index < -0.39 is 0 Å². The van der Waals surface area contributed by atoms with Crippen molar-refractivity contribution < 1.29 is 18.2 Å². The van der Waals surface area contributed by atoms with Gasteiger partial charge >= 0.3 is 6.09 Å². The number of nitrogens with zero attached hydrogens (tertiary/aromatic N) is 1. The van der Waals surface area contributed by atoms with E-state index in [1.807, 2.05) is 48.5 Å². The number of benzene rings is 3. The zero-order valence-electron chi connectivity index (χ0n) is 20.6. The number of hydrogen-bond donors (Lipinski definition) is 0. The van der Waals surface area contributed by atoms with Crippen molar-refractivity contribution in [2.45, 2.75) is 58.8 Å². The van der Waals surface area contributed by atoms with Gasteiger partial charge in [-0.2, -0.15) is 3.89 Å². The quantitative estimate of drug-likeness (QED) is 0.359. The Labute approximate surface area is 214 Å². The van der Waals surface area contributed by atoms with E-state index in [1.165, 1.54) is 5.56 Å². The van der Waals surface area contributed by atoms with Gasteiger partial charge in [-0.15, -0.1) is 0 Å². The van der Waals surface area contributed by atoms with Crippen molar-refractivity contribution in [3.8, 4) is 11.5 Å². The van der Waals surface area contributed by atoms with Crippen molar-refractivity contribution in [2.24, 2.45) is 5.41 Å². The molecule has 0 unspecified atom stereocenters. The van der Waals surface area contributed by atoms with Crippen LogP contribution in [-0.4, -0.2) is 31.2 Å². The highest BCUT2D eigenvalue weighted by atomic mass is 32.2. The Balaban J connectivity index is 0.000000656. The van der Waals surface area contributed by atoms with Crippen molar-refractivity contribution in [3.05, 3.63) is 66.2 Å². The molecule has 0 N–H and O–H groups in total. The molecule has 1 saturated heterocycles. The molecule has 3 aromatic carbocycles. The van der Waals surface area contributed by atoms with Crippen LogP contribution in [0, 0.1) is 5.41 Å². The molecule has 6 heteroatoms. The maximum Gasteiger partial charge on any atom is 0.415 e. The fourth-order valence-electron chi connectivity index (χ4n) is 3.75. The number of piperidine rings is 1. The Hall–Kier alpha value is -2.73. The van der Waals surface area contributed by atoms with Crippen molar-refractivity contribution >= 4 is 29.0 Å². The molecule has 1 aliphatic rings. The Bertz CT molecular complexity index is 1080. The number of carbonyl (C=O) groups is 1. The van der Waals surface area contributed by atoms with Gasteiger partial charge in [-0.3, -0.25) is 0 Å². The minimum atomic E-state index is -0.324. The summed E-state index contributed by atoms with van der Waals surface area (Å²) in [6, 6.07) is 19.0. The highest BCUT2D eigenvalue weighted by Crippen LogP contribution is 2.31. The SMILES string of the molecule is C.CC(C)(C)C.COc1ccc2ccc(OC(=O)N3CCC(c4ccc(SF)cc4)CC3)cc2c1. The second kappa shape index (κ2) is 12.8. The maximum atomic E-state index is 12.6. The normalized spacial score (nSPS) is 13.9. The molecule has 0 spiro atoms. The van der Waals surface area contributed by atoms with E-state index >= 15 is 0 Å². The van der Waals surface area contributed by atoms with Gasteiger partial charge in [0.2, 0.25) is 0 Å². The number of methoxy groups -OCH3 is 1. The summed E-state index contributed by atoms with van der Waals surface area (Å²) in [5.41, 5.74) is 1.69. The number of rotatable bonds is 4. The Morgan fingerprint density at radius 3 is 2.00 bits per heavy atom. The fourth-order valence-corrected chi connectivity index (χ4v) is 3.98. The first-order valence-electron chi connectivity index (χ1n) is 11.6. The molecule has 0 saturated carbocycles. The third-order valence-electron chi connectivity index (χ3n) is 5.42. The molecule has 0 bridgehead atoms. The summed E-state index contributed by atoms with van der Waals surface area (Å²) in [5.74, 6) is 1.67. The third kappa shape index (κ3) is 8.77. The lowest BCUT2D eigenvalue weighted by atomic mass is 9.90. The number of amides is 1. The van der Waals surface area contributed by atoms with Crippen LogP contribution in [0.1, 0.15) is 59.4 Å². The molecule has 35 heavy (non-hydrogen) atoms. The Morgan fingerprint density at radius 2 is 1.46 bits per heavy atom. The molecule has 1 aliphatic heterocycles. The minimum Gasteiger partial charge on any atom is -0.497 e. The van der Waals surface area contributed by atoms with Crippen molar-refractivity contribution in [1.29, 1.82) is 0 Å². The van der Waals surface area contributed by atoms with Crippen molar-refractivity contribution in [2.75, 3.05) is 20.2 Å². The Morgan fingerprint density at radius 1 is 0.914 bits per heavy atom. The van der Waals surface area contributed by atoms with E-state index in [2.05, 4.69) is 27.7 Å². The number of fused-ring (bicyclic) bond motifs is 1. The van der Waals surface area contributed by atoms with E-state index in [4.69, 9.17) is 9.47 Å². The maximum absolute atomic E-state index is 12.6. The zero-order chi connectivity index (χ0) is 24.7. The molecule has 0 aromatic heterocycles. The van der Waals surface area contributed by atoms with Gasteiger partial charge in [0, 0.05) is 18.0 Å². The molecule has 4 rings (SSSR count). The van der Waals surface area contributed by atoms with Gasteiger partial charge in [-0.1, -0.05) is 59.4 Å². The molecule has 1 amide bonds. The summed E-state index contributed by atoms with van der Waals surface area (Å²) in [5, 5.41) is 2.02. The monoisotopic (exact) mass is 499 g/mol. The van der Waals surface area contributed by atoms with Crippen LogP contribution in [-0.2, 0) is 0 Å². The molecule has 0 atom stereocenters. The average Bonchev–Trinajstić information content (AvgIpc) is 2.82. The van der Waals surface area contributed by atoms with Crippen LogP contribution < -0.4 is 9.47 Å². The highest BCUT2D eigenvalue weighted by Gasteiger charge is 2.25. The molecule has 3 aromatic rings. The summed E-state index contributed by atoms with van der Waals surface area (Å²) in [7, 11) is 1.63. The molecule has 0 aliphatic carbocycles. The Kier molecular flexibility index (Phi) is 10.4. The van der Waals surface area contributed by atoms with Gasteiger partial charge in [-0.05, 0) is 76.9 Å². The van der Waals surface area contributed by atoms with Crippen LogP contribution >= 0.6 is 12.1 Å². The fraction of sp³-hybridized carbons (Fsp3) is 0.414. The summed E-state index contributed by atoms with van der Waals surface area (Å²) in [6.07, 6.45) is 1.41. The number of likely N-dealkylation sites (tertiary alicyclic amines) is 1. The predicted molar refractivity (Wildman–Crippen MR) is 145 cm³/mol. The average molecular weight is 500 g/mol. The molecule has 0 radical (unpaired) electrons. The zero-order valence-corrected chi connectivity index (χ0v) is 21.5. The first kappa shape index (κ1) is 28.5. The van der Waals surface area contributed by atoms with E-state index in [9.17, 15) is 8.68 Å². The van der Waals surface area contributed by atoms with Crippen LogP contribution in [0.15, 0.2) is 65.6 Å². The molecule has 190 valence electrons. The van der Waals surface area contributed by atoms with Crippen molar-refractivity contribution in [1.82, 2.24) is 4.90 Å². The number of hydrogen-bond acceptors (Lipinski definition) is 4. The van der Waals surface area contributed by atoms with Gasteiger partial charge in [0.25, 0.3) is 0 Å². The summed E-state index contributed by atoms with van der Waals surface area (Å²) in [4.78, 5) is 14.9. The third-order valence-corrected chi connectivity index (χ3v) is 5.87. The van der Waals surface area contributed by atoms with Gasteiger partial charge < -0.3 is 14.4 Å². The van der Waals surface area contributed by atoms with Crippen LogP contribution in [0.25, 0.3) is 10.8 Å². The van der Waals surface area contributed by atoms with Crippen LogP contribution in [0.4, 0.5) is 8.68 Å². The topological polar surface area (TPSA) is 38.8 Å². The first-order valence-corrected chi connectivity index (χ1v) is 12.3. The molecular weight excluding hydrogens is 461 g/mol. The van der Waals surface area contributed by atoms with Gasteiger partial charge in [-0.25, -0.2) is 4.79 Å². The van der Waals surface area contributed by atoms with Crippen LogP contribution in [0.3, 0.4) is 0 Å². The molecule has 1 heterocycles. The largest absolute Gasteiger partial charge is 0.497 e. The number of halogens is 1. The minimum absolute atomic E-state index is 0. The van der Waals surface area contributed by atoms with Gasteiger partial charge in [0.05, 0.1) is 19.3 Å². The number of ether oxygens (including phenoxy) is 2. The van der Waals surface area contributed by atoms with Crippen molar-refractivity contribution in [3.63, 3.8) is 0 Å². The highest BCUT2D eigenvalue weighted by molar-refractivity contribution is 7.94. The smallest absolute Gasteiger partial charge is 0.415 e. The lowest BCUT2D eigenvalue weighted by Crippen LogP contribution is -2.39. The van der Waals surface area contributed by atoms with Gasteiger partial charge in [0.1, 0.15) is 11.5 Å². The second-order valence-corrected chi connectivity index (χ2v) is 10.8. The predicted octanol–water partition coefficient (Wildman–Crippen LogP) is 8.89. The molecule has 1 fully saturated rings. The standard InChI is InChI=1S/C23H22FNO3S.C5H12.CH4/c1-27-20-6-2-17-3-7-21(15-19(17)14-20)28-23(26)25-12-10-18(11-13-25)16-4-8-22(29-24)9-5-16;1-5(2,3)4;/h2-9,14-15,18H,10-13H2,1H3;1-4H3;1H4. The van der Waals surface area contributed by atoms with E-state index in [1.54, 1.807) is 24.1 Å². The summed E-state index contributed by atoms with van der Waals surface area (Å²) >= 11 is 0.256. The summed E-state index contributed by atoms with van der Waals surface area (Å²) in [6.45, 7) is 10.0. The van der Waals surface area contributed by atoms with Gasteiger partial charge in [0.15, 0.2) is 0 Å². The first-order chi connectivity index (χ1) is 16.2. The molecular formula is C29H38FNO3S. The lowest BCUT2D eigenvalue weighted by Gasteiger charge is -2.31. The van der Waals surface area contributed by atoms with E-state index in [-0.39, 0.29) is 25.7 Å². The van der Waals surface area contributed by atoms with E-state index in [0.29, 0.717) is 35.1 Å².